The Labute approximate surface area is 200 Å². The second kappa shape index (κ2) is 12.6. The quantitative estimate of drug-likeness (QED) is 0.312. The number of benzene rings is 1. The standard InChI is InChI=1S/C20H29ClN6O2.HI/c1-25(2)19(28)13-24-20(26(3)14-18-23-12-17(21)27(18)4)22-11-10-15-6-8-16(29-5)9-7-15;/h6-9,12H,10-11,13-14H2,1-5H3,(H,22,24);1H. The van der Waals surface area contributed by atoms with E-state index < -0.39 is 0 Å². The van der Waals surface area contributed by atoms with Gasteiger partial charge in [0.2, 0.25) is 5.91 Å². The highest BCUT2D eigenvalue weighted by atomic mass is 127. The fraction of sp³-hybridized carbons (Fsp3) is 0.450. The molecule has 0 saturated heterocycles. The van der Waals surface area contributed by atoms with Gasteiger partial charge < -0.3 is 24.4 Å². The number of hydrogen-bond donors (Lipinski definition) is 1. The van der Waals surface area contributed by atoms with Crippen molar-refractivity contribution < 1.29 is 9.53 Å². The van der Waals surface area contributed by atoms with Gasteiger partial charge in [-0.1, -0.05) is 23.7 Å². The maximum Gasteiger partial charge on any atom is 0.243 e. The molecule has 1 aromatic heterocycles. The Balaban J connectivity index is 0.00000450. The number of likely N-dealkylation sites (N-methyl/N-ethyl adjacent to an activating group) is 1. The van der Waals surface area contributed by atoms with Gasteiger partial charge in [0.25, 0.3) is 0 Å². The van der Waals surface area contributed by atoms with E-state index in [0.29, 0.717) is 24.2 Å². The number of ether oxygens (including phenoxy) is 1. The Morgan fingerprint density at radius 1 is 1.27 bits per heavy atom. The lowest BCUT2D eigenvalue weighted by Gasteiger charge is -2.22. The summed E-state index contributed by atoms with van der Waals surface area (Å²) in [6.07, 6.45) is 2.43. The first kappa shape index (κ1) is 26.0. The highest BCUT2D eigenvalue weighted by molar-refractivity contribution is 14.0. The predicted molar refractivity (Wildman–Crippen MR) is 131 cm³/mol. The van der Waals surface area contributed by atoms with Gasteiger partial charge in [-0.2, -0.15) is 0 Å². The van der Waals surface area contributed by atoms with E-state index in [1.54, 1.807) is 27.4 Å². The lowest BCUT2D eigenvalue weighted by atomic mass is 10.1. The first-order valence-corrected chi connectivity index (χ1v) is 9.68. The molecule has 166 valence electrons. The van der Waals surface area contributed by atoms with Gasteiger partial charge in [-0.3, -0.25) is 4.79 Å². The van der Waals surface area contributed by atoms with Gasteiger partial charge in [-0.25, -0.2) is 9.98 Å². The molecule has 0 aliphatic carbocycles. The topological polar surface area (TPSA) is 75.0 Å². The first-order valence-electron chi connectivity index (χ1n) is 9.30. The monoisotopic (exact) mass is 548 g/mol. The number of amides is 1. The third-order valence-electron chi connectivity index (χ3n) is 4.49. The zero-order chi connectivity index (χ0) is 21.4. The van der Waals surface area contributed by atoms with Crippen LogP contribution in [0.4, 0.5) is 0 Å². The largest absolute Gasteiger partial charge is 0.497 e. The molecule has 0 aliphatic rings. The van der Waals surface area contributed by atoms with Crippen LogP contribution in [0.2, 0.25) is 5.15 Å². The Hall–Kier alpha value is -2.01. The molecule has 0 radical (unpaired) electrons. The van der Waals surface area contributed by atoms with Gasteiger partial charge in [0.05, 0.1) is 19.9 Å². The summed E-state index contributed by atoms with van der Waals surface area (Å²) >= 11 is 6.08. The minimum atomic E-state index is -0.0621. The van der Waals surface area contributed by atoms with Crippen molar-refractivity contribution in [3.05, 3.63) is 47.0 Å². The number of halogens is 2. The number of imidazole rings is 1. The van der Waals surface area contributed by atoms with Crippen molar-refractivity contribution >= 4 is 47.4 Å². The first-order chi connectivity index (χ1) is 13.8. The van der Waals surface area contributed by atoms with Crippen LogP contribution in [0.15, 0.2) is 35.5 Å². The number of rotatable bonds is 8. The SMILES string of the molecule is COc1ccc(CCNC(=NCC(=O)N(C)C)N(C)Cc2ncc(Cl)n2C)cc1.I. The van der Waals surface area contributed by atoms with Crippen molar-refractivity contribution in [2.75, 3.05) is 41.3 Å². The zero-order valence-electron chi connectivity index (χ0n) is 18.1. The molecule has 0 atom stereocenters. The molecule has 1 amide bonds. The summed E-state index contributed by atoms with van der Waals surface area (Å²) in [7, 11) is 8.85. The predicted octanol–water partition coefficient (Wildman–Crippen LogP) is 2.41. The van der Waals surface area contributed by atoms with Gasteiger partial charge in [0.15, 0.2) is 5.96 Å². The van der Waals surface area contributed by atoms with Gasteiger partial charge in [-0.05, 0) is 24.1 Å². The van der Waals surface area contributed by atoms with Crippen LogP contribution < -0.4 is 10.1 Å². The number of aromatic nitrogens is 2. The third-order valence-corrected chi connectivity index (χ3v) is 4.84. The molecular weight excluding hydrogens is 519 g/mol. The number of nitrogens with one attached hydrogen (secondary N) is 1. The molecule has 1 aromatic carbocycles. The van der Waals surface area contributed by atoms with Crippen molar-refractivity contribution in [1.82, 2.24) is 24.7 Å². The maximum atomic E-state index is 12.0. The van der Waals surface area contributed by atoms with Gasteiger partial charge >= 0.3 is 0 Å². The van der Waals surface area contributed by atoms with E-state index in [9.17, 15) is 4.79 Å². The number of carbonyl (C=O) groups excluding carboxylic acids is 1. The summed E-state index contributed by atoms with van der Waals surface area (Å²) < 4.78 is 7.01. The smallest absolute Gasteiger partial charge is 0.243 e. The van der Waals surface area contributed by atoms with Crippen LogP contribution in [0.25, 0.3) is 0 Å². The fourth-order valence-electron chi connectivity index (χ4n) is 2.56. The Bertz CT molecular complexity index is 838. The van der Waals surface area contributed by atoms with Crippen molar-refractivity contribution in [2.24, 2.45) is 12.0 Å². The molecule has 0 bridgehead atoms. The summed E-state index contributed by atoms with van der Waals surface area (Å²) in [5.41, 5.74) is 1.18. The van der Waals surface area contributed by atoms with Crippen molar-refractivity contribution in [3.63, 3.8) is 0 Å². The number of carbonyl (C=O) groups is 1. The van der Waals surface area contributed by atoms with E-state index in [4.69, 9.17) is 16.3 Å². The Kier molecular flexibility index (Phi) is 11.0. The van der Waals surface area contributed by atoms with Crippen molar-refractivity contribution in [3.8, 4) is 5.75 Å². The lowest BCUT2D eigenvalue weighted by Crippen LogP contribution is -2.41. The van der Waals surface area contributed by atoms with Crippen LogP contribution >= 0.6 is 35.6 Å². The van der Waals surface area contributed by atoms with Crippen molar-refractivity contribution in [1.29, 1.82) is 0 Å². The molecule has 30 heavy (non-hydrogen) atoms. The molecule has 1 N–H and O–H groups in total. The Morgan fingerprint density at radius 2 is 1.93 bits per heavy atom. The van der Waals surface area contributed by atoms with Gasteiger partial charge in [0, 0.05) is 34.7 Å². The fourth-order valence-corrected chi connectivity index (χ4v) is 2.71. The van der Waals surface area contributed by atoms with Crippen LogP contribution in [-0.4, -0.2) is 72.6 Å². The minimum Gasteiger partial charge on any atom is -0.497 e. The van der Waals surface area contributed by atoms with E-state index in [1.165, 1.54) is 10.5 Å². The third kappa shape index (κ3) is 7.67. The van der Waals surface area contributed by atoms with E-state index in [2.05, 4.69) is 15.3 Å². The molecule has 8 nitrogen and oxygen atoms in total. The van der Waals surface area contributed by atoms with E-state index >= 15 is 0 Å². The van der Waals surface area contributed by atoms with E-state index in [0.717, 1.165) is 18.0 Å². The van der Waals surface area contributed by atoms with Gasteiger partial charge in [-0.15, -0.1) is 24.0 Å². The van der Waals surface area contributed by atoms with E-state index in [1.807, 2.05) is 47.8 Å². The van der Waals surface area contributed by atoms with Crippen LogP contribution in [0.1, 0.15) is 11.4 Å². The molecule has 10 heteroatoms. The molecular formula is C20H30ClIN6O2. The average molecular weight is 549 g/mol. The number of nitrogens with zero attached hydrogens (tertiary/aromatic N) is 5. The molecule has 0 fully saturated rings. The van der Waals surface area contributed by atoms with Crippen LogP contribution in [0.3, 0.4) is 0 Å². The molecule has 2 rings (SSSR count). The summed E-state index contributed by atoms with van der Waals surface area (Å²) in [4.78, 5) is 24.2. The second-order valence-electron chi connectivity index (χ2n) is 6.87. The highest BCUT2D eigenvalue weighted by Crippen LogP contribution is 2.12. The summed E-state index contributed by atoms with van der Waals surface area (Å²) in [6, 6.07) is 7.95. The van der Waals surface area contributed by atoms with E-state index in [-0.39, 0.29) is 36.4 Å². The second-order valence-corrected chi connectivity index (χ2v) is 7.25. The number of guanidine groups is 1. The molecule has 0 unspecified atom stereocenters. The molecule has 0 aliphatic heterocycles. The summed E-state index contributed by atoms with van der Waals surface area (Å²) in [5, 5.41) is 3.91. The number of methoxy groups -OCH3 is 1. The average Bonchev–Trinajstić information content (AvgIpc) is 3.02. The minimum absolute atomic E-state index is 0. The van der Waals surface area contributed by atoms with Crippen LogP contribution in [-0.2, 0) is 24.8 Å². The zero-order valence-corrected chi connectivity index (χ0v) is 21.1. The van der Waals surface area contributed by atoms with Crippen molar-refractivity contribution in [2.45, 2.75) is 13.0 Å². The highest BCUT2D eigenvalue weighted by Gasteiger charge is 2.13. The van der Waals surface area contributed by atoms with Crippen LogP contribution in [0.5, 0.6) is 5.75 Å². The summed E-state index contributed by atoms with van der Waals surface area (Å²) in [6.45, 7) is 1.25. The molecule has 0 saturated carbocycles. The summed E-state index contributed by atoms with van der Waals surface area (Å²) in [5.74, 6) is 2.21. The molecule has 1 heterocycles. The Morgan fingerprint density at radius 3 is 2.47 bits per heavy atom. The number of hydrogen-bond acceptors (Lipinski definition) is 4. The van der Waals surface area contributed by atoms with Crippen LogP contribution in [0, 0.1) is 0 Å². The molecule has 0 spiro atoms. The van der Waals surface area contributed by atoms with Gasteiger partial charge in [0.1, 0.15) is 23.3 Å². The molecule has 2 aromatic rings. The normalized spacial score (nSPS) is 10.9. The lowest BCUT2D eigenvalue weighted by molar-refractivity contribution is -0.127. The number of aliphatic imine (C=N–C) groups is 1. The maximum absolute atomic E-state index is 12.0.